The molecule has 0 unspecified atom stereocenters. The number of hydrogen-bond donors (Lipinski definition) is 0. The molecule has 0 aliphatic carbocycles. The van der Waals surface area contributed by atoms with Gasteiger partial charge in [-0.3, -0.25) is 0 Å². The number of aldehydes is 1. The van der Waals surface area contributed by atoms with Crippen LogP contribution in [0.2, 0.25) is 0 Å². The SMILES string of the molecule is COc1ccccc1-c1cnc(CCCCCCC=O)o1. The summed E-state index contributed by atoms with van der Waals surface area (Å²) in [7, 11) is 1.65. The summed E-state index contributed by atoms with van der Waals surface area (Å²) in [5.41, 5.74) is 0.921. The third-order valence-corrected chi connectivity index (χ3v) is 3.39. The van der Waals surface area contributed by atoms with Gasteiger partial charge in [0.1, 0.15) is 12.0 Å². The molecule has 2 aromatic rings. The maximum Gasteiger partial charge on any atom is 0.194 e. The van der Waals surface area contributed by atoms with Crippen molar-refractivity contribution in [2.45, 2.75) is 38.5 Å². The number of unbranched alkanes of at least 4 members (excludes halogenated alkanes) is 4. The van der Waals surface area contributed by atoms with Crippen LogP contribution < -0.4 is 4.74 Å². The number of rotatable bonds is 9. The van der Waals surface area contributed by atoms with Crippen LogP contribution in [0.25, 0.3) is 11.3 Å². The number of ether oxygens (including phenoxy) is 1. The first kappa shape index (κ1) is 15.3. The first-order chi connectivity index (χ1) is 10.3. The Kier molecular flexibility index (Phi) is 6.00. The van der Waals surface area contributed by atoms with Gasteiger partial charge in [-0.05, 0) is 25.0 Å². The van der Waals surface area contributed by atoms with E-state index in [0.29, 0.717) is 6.42 Å². The molecule has 0 radical (unpaired) electrons. The molecule has 0 bridgehead atoms. The van der Waals surface area contributed by atoms with Gasteiger partial charge in [0.2, 0.25) is 0 Å². The van der Waals surface area contributed by atoms with E-state index in [9.17, 15) is 4.79 Å². The van der Waals surface area contributed by atoms with Gasteiger partial charge in [0.15, 0.2) is 11.7 Å². The summed E-state index contributed by atoms with van der Waals surface area (Å²) in [5.74, 6) is 2.28. The molecule has 0 N–H and O–H groups in total. The molecular weight excluding hydrogens is 266 g/mol. The zero-order valence-electron chi connectivity index (χ0n) is 12.4. The van der Waals surface area contributed by atoms with Crippen LogP contribution in [0.4, 0.5) is 0 Å². The maximum atomic E-state index is 10.2. The van der Waals surface area contributed by atoms with Crippen molar-refractivity contribution < 1.29 is 13.9 Å². The topological polar surface area (TPSA) is 52.3 Å². The molecule has 1 aromatic heterocycles. The van der Waals surface area contributed by atoms with E-state index in [0.717, 1.165) is 61.4 Å². The molecule has 0 atom stereocenters. The van der Waals surface area contributed by atoms with Gasteiger partial charge in [-0.15, -0.1) is 0 Å². The molecule has 0 aliphatic heterocycles. The van der Waals surface area contributed by atoms with Crippen LogP contribution in [-0.2, 0) is 11.2 Å². The number of oxazole rings is 1. The van der Waals surface area contributed by atoms with Crippen LogP contribution in [0.5, 0.6) is 5.75 Å². The molecule has 1 heterocycles. The Labute approximate surface area is 125 Å². The van der Waals surface area contributed by atoms with Crippen molar-refractivity contribution in [3.63, 3.8) is 0 Å². The highest BCUT2D eigenvalue weighted by Crippen LogP contribution is 2.30. The maximum absolute atomic E-state index is 10.2. The van der Waals surface area contributed by atoms with Crippen molar-refractivity contribution in [1.82, 2.24) is 4.98 Å². The highest BCUT2D eigenvalue weighted by Gasteiger charge is 2.10. The molecule has 0 aliphatic rings. The fraction of sp³-hybridized carbons (Fsp3) is 0.412. The average molecular weight is 287 g/mol. The lowest BCUT2D eigenvalue weighted by molar-refractivity contribution is -0.107. The van der Waals surface area contributed by atoms with E-state index in [2.05, 4.69) is 4.98 Å². The normalized spacial score (nSPS) is 10.5. The standard InChI is InChI=1S/C17H21NO3/c1-20-15-10-7-6-9-14(15)16-13-18-17(21-16)11-5-3-2-4-8-12-19/h6-7,9-10,12-13H,2-5,8,11H2,1H3. The molecular formula is C17H21NO3. The van der Waals surface area contributed by atoms with Crippen molar-refractivity contribution in [3.05, 3.63) is 36.4 Å². The monoisotopic (exact) mass is 287 g/mol. The third kappa shape index (κ3) is 4.45. The first-order valence-corrected chi connectivity index (χ1v) is 7.37. The van der Waals surface area contributed by atoms with Crippen molar-refractivity contribution in [3.8, 4) is 17.1 Å². The van der Waals surface area contributed by atoms with E-state index in [1.54, 1.807) is 13.3 Å². The predicted octanol–water partition coefficient (Wildman–Crippen LogP) is 4.04. The molecule has 1 aromatic carbocycles. The largest absolute Gasteiger partial charge is 0.496 e. The van der Waals surface area contributed by atoms with Crippen LogP contribution in [0.15, 0.2) is 34.9 Å². The fourth-order valence-corrected chi connectivity index (χ4v) is 2.26. The van der Waals surface area contributed by atoms with Gasteiger partial charge in [-0.25, -0.2) is 4.98 Å². The third-order valence-electron chi connectivity index (χ3n) is 3.39. The van der Waals surface area contributed by atoms with Crippen molar-refractivity contribution in [2.24, 2.45) is 0 Å². The van der Waals surface area contributed by atoms with E-state index in [-0.39, 0.29) is 0 Å². The minimum Gasteiger partial charge on any atom is -0.496 e. The molecule has 4 nitrogen and oxygen atoms in total. The summed E-state index contributed by atoms with van der Waals surface area (Å²) in [6.45, 7) is 0. The molecule has 2 rings (SSSR count). The zero-order valence-corrected chi connectivity index (χ0v) is 12.4. The number of hydrogen-bond acceptors (Lipinski definition) is 4. The predicted molar refractivity (Wildman–Crippen MR) is 81.3 cm³/mol. The fourth-order valence-electron chi connectivity index (χ4n) is 2.26. The Hall–Kier alpha value is -2.10. The molecule has 0 saturated heterocycles. The second kappa shape index (κ2) is 8.25. The Morgan fingerprint density at radius 1 is 1.19 bits per heavy atom. The summed E-state index contributed by atoms with van der Waals surface area (Å²) < 4.78 is 11.1. The number of para-hydroxylation sites is 1. The van der Waals surface area contributed by atoms with E-state index < -0.39 is 0 Å². The van der Waals surface area contributed by atoms with E-state index in [1.807, 2.05) is 24.3 Å². The highest BCUT2D eigenvalue weighted by atomic mass is 16.5. The summed E-state index contributed by atoms with van der Waals surface area (Å²) in [5, 5.41) is 0. The Balaban J connectivity index is 1.88. The second-order valence-corrected chi connectivity index (χ2v) is 4.94. The van der Waals surface area contributed by atoms with Gasteiger partial charge in [-0.1, -0.05) is 25.0 Å². The first-order valence-electron chi connectivity index (χ1n) is 7.37. The minimum absolute atomic E-state index is 0.664. The lowest BCUT2D eigenvalue weighted by Gasteiger charge is -2.04. The smallest absolute Gasteiger partial charge is 0.194 e. The average Bonchev–Trinajstić information content (AvgIpc) is 2.99. The zero-order chi connectivity index (χ0) is 14.9. The van der Waals surface area contributed by atoms with Gasteiger partial charge >= 0.3 is 0 Å². The molecule has 0 spiro atoms. The Bertz CT molecular complexity index is 563. The lowest BCUT2D eigenvalue weighted by Crippen LogP contribution is -1.87. The summed E-state index contributed by atoms with van der Waals surface area (Å²) in [4.78, 5) is 14.5. The van der Waals surface area contributed by atoms with Crippen LogP contribution in [-0.4, -0.2) is 18.4 Å². The number of carbonyl (C=O) groups excluding carboxylic acids is 1. The second-order valence-electron chi connectivity index (χ2n) is 4.94. The molecule has 4 heteroatoms. The van der Waals surface area contributed by atoms with Gasteiger partial charge < -0.3 is 13.9 Å². The number of carbonyl (C=O) groups is 1. The molecule has 0 saturated carbocycles. The van der Waals surface area contributed by atoms with Crippen LogP contribution >= 0.6 is 0 Å². The van der Waals surface area contributed by atoms with Crippen LogP contribution in [0, 0.1) is 0 Å². The van der Waals surface area contributed by atoms with Crippen LogP contribution in [0.3, 0.4) is 0 Å². The minimum atomic E-state index is 0.664. The number of methoxy groups -OCH3 is 1. The lowest BCUT2D eigenvalue weighted by atomic mass is 10.1. The summed E-state index contributed by atoms with van der Waals surface area (Å²) >= 11 is 0. The Morgan fingerprint density at radius 3 is 2.81 bits per heavy atom. The molecule has 112 valence electrons. The van der Waals surface area contributed by atoms with E-state index in [4.69, 9.17) is 9.15 Å². The molecule has 21 heavy (non-hydrogen) atoms. The van der Waals surface area contributed by atoms with Crippen molar-refractivity contribution in [2.75, 3.05) is 7.11 Å². The number of benzene rings is 1. The number of aromatic nitrogens is 1. The van der Waals surface area contributed by atoms with Crippen molar-refractivity contribution in [1.29, 1.82) is 0 Å². The summed E-state index contributed by atoms with van der Waals surface area (Å²) in [6, 6.07) is 7.75. The molecule has 0 amide bonds. The Morgan fingerprint density at radius 2 is 2.00 bits per heavy atom. The van der Waals surface area contributed by atoms with Crippen LogP contribution in [0.1, 0.15) is 38.0 Å². The van der Waals surface area contributed by atoms with Gasteiger partial charge in [0, 0.05) is 12.8 Å². The van der Waals surface area contributed by atoms with Crippen molar-refractivity contribution >= 4 is 6.29 Å². The van der Waals surface area contributed by atoms with Gasteiger partial charge in [-0.2, -0.15) is 0 Å². The van der Waals surface area contributed by atoms with Gasteiger partial charge in [0.05, 0.1) is 18.9 Å². The number of nitrogens with zero attached hydrogens (tertiary/aromatic N) is 1. The highest BCUT2D eigenvalue weighted by molar-refractivity contribution is 5.64. The summed E-state index contributed by atoms with van der Waals surface area (Å²) in [6.07, 6.45) is 8.41. The number of aryl methyl sites for hydroxylation is 1. The quantitative estimate of drug-likeness (QED) is 0.516. The van der Waals surface area contributed by atoms with E-state index in [1.165, 1.54) is 0 Å². The molecule has 0 fully saturated rings. The van der Waals surface area contributed by atoms with Gasteiger partial charge in [0.25, 0.3) is 0 Å². The van der Waals surface area contributed by atoms with E-state index >= 15 is 0 Å².